The number of nitriles is 1. The van der Waals surface area contributed by atoms with Gasteiger partial charge < -0.3 is 14.8 Å². The normalized spacial score (nSPS) is 9.64. The minimum absolute atomic E-state index is 0.211. The van der Waals surface area contributed by atoms with Crippen LogP contribution in [0.1, 0.15) is 15.9 Å². The Kier molecular flexibility index (Phi) is 5.06. The number of carbonyl (C=O) groups is 2. The number of amides is 1. The van der Waals surface area contributed by atoms with Crippen LogP contribution < -0.4 is 10.1 Å². The Labute approximate surface area is 130 Å². The first-order chi connectivity index (χ1) is 10.6. The minimum atomic E-state index is -0.669. The van der Waals surface area contributed by atoms with Crippen LogP contribution in [0.25, 0.3) is 0 Å². The lowest BCUT2D eigenvalue weighted by Crippen LogP contribution is -2.20. The van der Waals surface area contributed by atoms with Gasteiger partial charge in [-0.2, -0.15) is 5.26 Å². The topological polar surface area (TPSA) is 101 Å². The molecule has 0 saturated heterocycles. The molecule has 0 bridgehead atoms. The Morgan fingerprint density at radius 2 is 2.23 bits per heavy atom. The fraction of sp³-hybridized carbons (Fsp3) is 0.143. The van der Waals surface area contributed by atoms with Gasteiger partial charge >= 0.3 is 5.97 Å². The van der Waals surface area contributed by atoms with Crippen molar-refractivity contribution in [2.75, 3.05) is 19.0 Å². The van der Waals surface area contributed by atoms with Gasteiger partial charge in [0, 0.05) is 12.3 Å². The van der Waals surface area contributed by atoms with E-state index in [1.807, 2.05) is 6.07 Å². The number of pyridine rings is 1. The zero-order valence-electron chi connectivity index (χ0n) is 11.5. The summed E-state index contributed by atoms with van der Waals surface area (Å²) in [6.07, 6.45) is 1.30. The van der Waals surface area contributed by atoms with Crippen molar-refractivity contribution in [2.45, 2.75) is 0 Å². The molecule has 2 aromatic rings. The molecular formula is C14H11N3O4S. The van der Waals surface area contributed by atoms with Crippen molar-refractivity contribution < 1.29 is 19.1 Å². The van der Waals surface area contributed by atoms with E-state index in [-0.39, 0.29) is 5.56 Å². The van der Waals surface area contributed by atoms with Gasteiger partial charge in [0.2, 0.25) is 5.88 Å². The predicted octanol–water partition coefficient (Wildman–Crippen LogP) is 1.82. The molecule has 2 rings (SSSR count). The molecule has 8 heteroatoms. The van der Waals surface area contributed by atoms with Crippen LogP contribution in [0.5, 0.6) is 5.88 Å². The van der Waals surface area contributed by atoms with Gasteiger partial charge in [-0.25, -0.2) is 9.78 Å². The van der Waals surface area contributed by atoms with Crippen molar-refractivity contribution in [3.05, 3.63) is 40.9 Å². The van der Waals surface area contributed by atoms with Crippen LogP contribution in [-0.4, -0.2) is 30.6 Å². The van der Waals surface area contributed by atoms with Crippen LogP contribution in [0.15, 0.2) is 29.8 Å². The first kappa shape index (κ1) is 15.5. The van der Waals surface area contributed by atoms with E-state index in [2.05, 4.69) is 10.3 Å². The number of ether oxygens (including phenoxy) is 2. The fourth-order valence-corrected chi connectivity index (χ4v) is 2.25. The second kappa shape index (κ2) is 7.19. The van der Waals surface area contributed by atoms with E-state index >= 15 is 0 Å². The summed E-state index contributed by atoms with van der Waals surface area (Å²) in [5, 5.41) is 13.5. The lowest BCUT2D eigenvalue weighted by Gasteiger charge is -2.05. The summed E-state index contributed by atoms with van der Waals surface area (Å²) in [4.78, 5) is 27.3. The van der Waals surface area contributed by atoms with Crippen molar-refractivity contribution in [3.63, 3.8) is 0 Å². The molecule has 0 aliphatic heterocycles. The van der Waals surface area contributed by atoms with E-state index in [0.29, 0.717) is 16.4 Å². The zero-order chi connectivity index (χ0) is 15.9. The van der Waals surface area contributed by atoms with Crippen molar-refractivity contribution in [1.29, 1.82) is 5.26 Å². The summed E-state index contributed by atoms with van der Waals surface area (Å²) in [7, 11) is 1.46. The monoisotopic (exact) mass is 317 g/mol. The third-order valence-corrected chi connectivity index (χ3v) is 3.38. The summed E-state index contributed by atoms with van der Waals surface area (Å²) in [5.41, 5.74) is 0.575. The molecule has 0 radical (unpaired) electrons. The van der Waals surface area contributed by atoms with E-state index in [9.17, 15) is 9.59 Å². The van der Waals surface area contributed by atoms with Crippen molar-refractivity contribution in [1.82, 2.24) is 4.98 Å². The van der Waals surface area contributed by atoms with Gasteiger partial charge in [0.25, 0.3) is 5.91 Å². The van der Waals surface area contributed by atoms with Crippen LogP contribution >= 0.6 is 11.3 Å². The molecule has 7 nitrogen and oxygen atoms in total. The average Bonchev–Trinajstić information content (AvgIpc) is 2.99. The molecule has 2 heterocycles. The number of carbonyl (C=O) groups excluding carboxylic acids is 2. The molecule has 0 aliphatic rings. The second-order valence-electron chi connectivity index (χ2n) is 3.99. The Hall–Kier alpha value is -2.92. The van der Waals surface area contributed by atoms with Crippen LogP contribution in [0.3, 0.4) is 0 Å². The molecule has 0 spiro atoms. The Balaban J connectivity index is 1.88. The fourth-order valence-electron chi connectivity index (χ4n) is 1.49. The molecule has 1 amide bonds. The van der Waals surface area contributed by atoms with E-state index in [1.165, 1.54) is 36.8 Å². The van der Waals surface area contributed by atoms with Crippen molar-refractivity contribution >= 4 is 28.2 Å². The SMILES string of the molecule is COc1ccc(C(=O)OCC(=O)Nc2sccc2C#N)cn1. The van der Waals surface area contributed by atoms with E-state index in [4.69, 9.17) is 14.7 Å². The van der Waals surface area contributed by atoms with Gasteiger partial charge in [-0.1, -0.05) is 0 Å². The maximum atomic E-state index is 11.7. The molecule has 0 saturated carbocycles. The van der Waals surface area contributed by atoms with Crippen LogP contribution in [0, 0.1) is 11.3 Å². The van der Waals surface area contributed by atoms with E-state index in [0.717, 1.165) is 0 Å². The van der Waals surface area contributed by atoms with Crippen LogP contribution in [0.2, 0.25) is 0 Å². The number of nitrogens with zero attached hydrogens (tertiary/aromatic N) is 2. The highest BCUT2D eigenvalue weighted by molar-refractivity contribution is 7.14. The average molecular weight is 317 g/mol. The largest absolute Gasteiger partial charge is 0.481 e. The highest BCUT2D eigenvalue weighted by atomic mass is 32.1. The highest BCUT2D eigenvalue weighted by Gasteiger charge is 2.13. The lowest BCUT2D eigenvalue weighted by atomic mass is 10.3. The summed E-state index contributed by atoms with van der Waals surface area (Å²) >= 11 is 1.22. The summed E-state index contributed by atoms with van der Waals surface area (Å²) in [6.45, 7) is -0.451. The molecule has 0 atom stereocenters. The first-order valence-corrected chi connectivity index (χ1v) is 6.96. The maximum absolute atomic E-state index is 11.7. The molecule has 0 fully saturated rings. The Bertz CT molecular complexity index is 718. The van der Waals surface area contributed by atoms with Gasteiger partial charge in [-0.05, 0) is 17.5 Å². The summed E-state index contributed by atoms with van der Waals surface area (Å²) in [5.74, 6) is -0.818. The van der Waals surface area contributed by atoms with Crippen molar-refractivity contribution in [2.24, 2.45) is 0 Å². The van der Waals surface area contributed by atoms with Gasteiger partial charge in [0.15, 0.2) is 6.61 Å². The minimum Gasteiger partial charge on any atom is -0.481 e. The van der Waals surface area contributed by atoms with Crippen LogP contribution in [0.4, 0.5) is 5.00 Å². The number of rotatable bonds is 5. The third-order valence-electron chi connectivity index (χ3n) is 2.55. The van der Waals surface area contributed by atoms with E-state index in [1.54, 1.807) is 11.4 Å². The van der Waals surface area contributed by atoms with Gasteiger partial charge in [-0.3, -0.25) is 4.79 Å². The summed E-state index contributed by atoms with van der Waals surface area (Å²) < 4.78 is 9.75. The standard InChI is InChI=1S/C14H11N3O4S/c1-20-12-3-2-10(7-16-12)14(19)21-8-11(18)17-13-9(6-15)4-5-22-13/h2-5,7H,8H2,1H3,(H,17,18). The first-order valence-electron chi connectivity index (χ1n) is 6.08. The predicted molar refractivity (Wildman–Crippen MR) is 78.7 cm³/mol. The molecule has 22 heavy (non-hydrogen) atoms. The number of anilines is 1. The lowest BCUT2D eigenvalue weighted by molar-refractivity contribution is -0.119. The number of thiophene rings is 1. The van der Waals surface area contributed by atoms with Gasteiger partial charge in [-0.15, -0.1) is 11.3 Å². The molecule has 0 aromatic carbocycles. The zero-order valence-corrected chi connectivity index (χ0v) is 12.3. The van der Waals surface area contributed by atoms with Crippen molar-refractivity contribution in [3.8, 4) is 11.9 Å². The highest BCUT2D eigenvalue weighted by Crippen LogP contribution is 2.21. The van der Waals surface area contributed by atoms with Crippen LogP contribution in [-0.2, 0) is 9.53 Å². The molecular weight excluding hydrogens is 306 g/mol. The number of methoxy groups -OCH3 is 1. The number of nitrogens with one attached hydrogen (secondary N) is 1. The quantitative estimate of drug-likeness (QED) is 0.844. The van der Waals surface area contributed by atoms with Gasteiger partial charge in [0.05, 0.1) is 18.2 Å². The molecule has 1 N–H and O–H groups in total. The molecule has 112 valence electrons. The molecule has 0 unspecified atom stereocenters. The molecule has 2 aromatic heterocycles. The van der Waals surface area contributed by atoms with Gasteiger partial charge in [0.1, 0.15) is 11.1 Å². The third kappa shape index (κ3) is 3.80. The Morgan fingerprint density at radius 3 is 2.86 bits per heavy atom. The second-order valence-corrected chi connectivity index (χ2v) is 4.90. The number of hydrogen-bond donors (Lipinski definition) is 1. The number of esters is 1. The smallest absolute Gasteiger partial charge is 0.340 e. The molecule has 0 aliphatic carbocycles. The van der Waals surface area contributed by atoms with E-state index < -0.39 is 18.5 Å². The number of hydrogen-bond acceptors (Lipinski definition) is 7. The maximum Gasteiger partial charge on any atom is 0.340 e. The Morgan fingerprint density at radius 1 is 1.41 bits per heavy atom. The summed E-state index contributed by atoms with van der Waals surface area (Å²) in [6, 6.07) is 6.54. The number of aromatic nitrogens is 1.